The molecule has 1 heterocycles. The average Bonchev–Trinajstić information content (AvgIpc) is 2.67. The number of hydrogen-bond acceptors (Lipinski definition) is 5. The summed E-state index contributed by atoms with van der Waals surface area (Å²) in [6.45, 7) is 7.45. The molecule has 0 unspecified atom stereocenters. The number of aromatic amines is 1. The van der Waals surface area contributed by atoms with Crippen LogP contribution in [0, 0.1) is 20.8 Å². The molecule has 3 rings (SSSR count). The summed E-state index contributed by atoms with van der Waals surface area (Å²) in [5, 5.41) is 0.550. The Hall–Kier alpha value is -3.28. The summed E-state index contributed by atoms with van der Waals surface area (Å²) < 4.78 is 5.45. The number of H-pyrrole nitrogens is 1. The molecule has 0 aliphatic heterocycles. The number of para-hydroxylation sites is 1. The van der Waals surface area contributed by atoms with Gasteiger partial charge in [0.1, 0.15) is 12.4 Å². The van der Waals surface area contributed by atoms with Gasteiger partial charge in [-0.05, 0) is 68.5 Å². The zero-order chi connectivity index (χ0) is 21.8. The summed E-state index contributed by atoms with van der Waals surface area (Å²) >= 11 is 0. The maximum atomic E-state index is 12.2. The molecule has 0 saturated carbocycles. The SMILES string of the molecule is CC(=O)c1c(C)cc(C)c(COC(=O)CCCc2nc3ccccc3c(=O)[nH]2)c1C. The van der Waals surface area contributed by atoms with Crippen LogP contribution in [0.3, 0.4) is 0 Å². The molecule has 0 bridgehead atoms. The van der Waals surface area contributed by atoms with Crippen LogP contribution in [0.2, 0.25) is 0 Å². The van der Waals surface area contributed by atoms with E-state index in [1.54, 1.807) is 25.1 Å². The largest absolute Gasteiger partial charge is 0.461 e. The molecular formula is C24H26N2O4. The molecule has 30 heavy (non-hydrogen) atoms. The van der Waals surface area contributed by atoms with E-state index in [4.69, 9.17) is 4.74 Å². The van der Waals surface area contributed by atoms with Crippen molar-refractivity contribution in [1.82, 2.24) is 9.97 Å². The van der Waals surface area contributed by atoms with Crippen molar-refractivity contribution >= 4 is 22.7 Å². The lowest BCUT2D eigenvalue weighted by molar-refractivity contribution is -0.145. The lowest BCUT2D eigenvalue weighted by atomic mass is 9.92. The van der Waals surface area contributed by atoms with Crippen LogP contribution in [0.25, 0.3) is 10.9 Å². The molecule has 0 spiro atoms. The number of rotatable bonds is 7. The number of nitrogens with zero attached hydrogens (tertiary/aromatic N) is 1. The third-order valence-corrected chi connectivity index (χ3v) is 5.32. The standard InChI is InChI=1S/C24H26N2O4/c1-14-12-15(2)23(17(4)27)16(3)19(14)13-30-22(28)11-7-10-21-25-20-9-6-5-8-18(20)24(29)26-21/h5-6,8-9,12H,7,10-11,13H2,1-4H3,(H,25,26,29). The molecule has 2 aromatic carbocycles. The van der Waals surface area contributed by atoms with Crippen molar-refractivity contribution < 1.29 is 14.3 Å². The van der Waals surface area contributed by atoms with E-state index in [-0.39, 0.29) is 30.3 Å². The second-order valence-corrected chi connectivity index (χ2v) is 7.59. The average molecular weight is 406 g/mol. The minimum absolute atomic E-state index is 0.00875. The molecule has 1 aromatic heterocycles. The van der Waals surface area contributed by atoms with Crippen LogP contribution >= 0.6 is 0 Å². The van der Waals surface area contributed by atoms with Gasteiger partial charge >= 0.3 is 5.97 Å². The maximum Gasteiger partial charge on any atom is 0.306 e. The van der Waals surface area contributed by atoms with Gasteiger partial charge in [0.05, 0.1) is 10.9 Å². The number of ketones is 1. The molecule has 0 atom stereocenters. The van der Waals surface area contributed by atoms with Crippen LogP contribution in [-0.4, -0.2) is 21.7 Å². The number of ether oxygens (including phenoxy) is 1. The smallest absolute Gasteiger partial charge is 0.306 e. The lowest BCUT2D eigenvalue weighted by Crippen LogP contribution is -2.13. The van der Waals surface area contributed by atoms with Crippen molar-refractivity contribution in [2.75, 3.05) is 0 Å². The van der Waals surface area contributed by atoms with E-state index in [0.29, 0.717) is 35.1 Å². The molecule has 0 amide bonds. The van der Waals surface area contributed by atoms with Crippen molar-refractivity contribution in [1.29, 1.82) is 0 Å². The van der Waals surface area contributed by atoms with Crippen LogP contribution < -0.4 is 5.56 Å². The quantitative estimate of drug-likeness (QED) is 0.471. The minimum atomic E-state index is -0.318. The summed E-state index contributed by atoms with van der Waals surface area (Å²) in [6.07, 6.45) is 1.22. The first-order valence-electron chi connectivity index (χ1n) is 10.0. The number of aryl methyl sites for hydroxylation is 3. The predicted octanol–water partition coefficient (Wildman–Crippen LogP) is 4.12. The van der Waals surface area contributed by atoms with Gasteiger partial charge in [-0.1, -0.05) is 18.2 Å². The molecule has 0 aliphatic carbocycles. The first-order chi connectivity index (χ1) is 14.3. The number of carbonyl (C=O) groups is 2. The third-order valence-electron chi connectivity index (χ3n) is 5.32. The fourth-order valence-corrected chi connectivity index (χ4v) is 3.87. The number of hydrogen-bond donors (Lipinski definition) is 1. The Morgan fingerprint density at radius 1 is 1.10 bits per heavy atom. The zero-order valence-corrected chi connectivity index (χ0v) is 17.8. The Morgan fingerprint density at radius 2 is 1.83 bits per heavy atom. The van der Waals surface area contributed by atoms with E-state index in [2.05, 4.69) is 9.97 Å². The highest BCUT2D eigenvalue weighted by Crippen LogP contribution is 2.23. The van der Waals surface area contributed by atoms with Gasteiger partial charge in [0.25, 0.3) is 5.56 Å². The van der Waals surface area contributed by atoms with Crippen molar-refractivity contribution in [3.63, 3.8) is 0 Å². The molecule has 0 saturated heterocycles. The fraction of sp³-hybridized carbons (Fsp3) is 0.333. The topological polar surface area (TPSA) is 89.1 Å². The molecule has 3 aromatic rings. The number of nitrogens with one attached hydrogen (secondary N) is 1. The van der Waals surface area contributed by atoms with Gasteiger partial charge in [-0.2, -0.15) is 0 Å². The van der Waals surface area contributed by atoms with Gasteiger partial charge in [-0.15, -0.1) is 0 Å². The van der Waals surface area contributed by atoms with Crippen molar-refractivity contribution in [3.8, 4) is 0 Å². The van der Waals surface area contributed by atoms with E-state index >= 15 is 0 Å². The van der Waals surface area contributed by atoms with Gasteiger partial charge in [0.2, 0.25) is 0 Å². The van der Waals surface area contributed by atoms with E-state index in [1.807, 2.05) is 32.9 Å². The Kier molecular flexibility index (Phi) is 6.45. The van der Waals surface area contributed by atoms with Crippen LogP contribution in [0.15, 0.2) is 35.1 Å². The molecule has 1 N–H and O–H groups in total. The van der Waals surface area contributed by atoms with Gasteiger partial charge in [0.15, 0.2) is 5.78 Å². The number of benzene rings is 2. The van der Waals surface area contributed by atoms with E-state index in [0.717, 1.165) is 22.3 Å². The molecule has 6 heteroatoms. The van der Waals surface area contributed by atoms with Crippen molar-refractivity contribution in [3.05, 3.63) is 74.3 Å². The number of carbonyl (C=O) groups excluding carboxylic acids is 2. The van der Waals surface area contributed by atoms with Crippen LogP contribution in [-0.2, 0) is 22.6 Å². The van der Waals surface area contributed by atoms with Gasteiger partial charge < -0.3 is 9.72 Å². The van der Waals surface area contributed by atoms with Crippen LogP contribution in [0.4, 0.5) is 0 Å². The van der Waals surface area contributed by atoms with Crippen molar-refractivity contribution in [2.45, 2.75) is 53.6 Å². The number of esters is 1. The van der Waals surface area contributed by atoms with Gasteiger partial charge in [0, 0.05) is 18.4 Å². The Morgan fingerprint density at radius 3 is 2.57 bits per heavy atom. The van der Waals surface area contributed by atoms with Crippen LogP contribution in [0.5, 0.6) is 0 Å². The first kappa shape index (κ1) is 21.4. The van der Waals surface area contributed by atoms with Crippen LogP contribution in [0.1, 0.15) is 58.2 Å². The molecular weight excluding hydrogens is 380 g/mol. The normalized spacial score (nSPS) is 10.9. The van der Waals surface area contributed by atoms with Gasteiger partial charge in [-0.3, -0.25) is 14.4 Å². The summed E-state index contributed by atoms with van der Waals surface area (Å²) in [6, 6.07) is 9.11. The molecule has 0 fully saturated rings. The zero-order valence-electron chi connectivity index (χ0n) is 17.8. The second kappa shape index (κ2) is 9.03. The lowest BCUT2D eigenvalue weighted by Gasteiger charge is -2.16. The third kappa shape index (κ3) is 4.64. The Balaban J connectivity index is 1.59. The van der Waals surface area contributed by atoms with E-state index < -0.39 is 0 Å². The van der Waals surface area contributed by atoms with Gasteiger partial charge in [-0.25, -0.2) is 4.98 Å². The maximum absolute atomic E-state index is 12.2. The van der Waals surface area contributed by atoms with Crippen molar-refractivity contribution in [2.24, 2.45) is 0 Å². The Bertz CT molecular complexity index is 1180. The highest BCUT2D eigenvalue weighted by atomic mass is 16.5. The molecule has 156 valence electrons. The molecule has 0 radical (unpaired) electrons. The fourth-order valence-electron chi connectivity index (χ4n) is 3.87. The number of fused-ring (bicyclic) bond motifs is 1. The molecule has 6 nitrogen and oxygen atoms in total. The monoisotopic (exact) mass is 406 g/mol. The summed E-state index contributed by atoms with van der Waals surface area (Å²) in [4.78, 5) is 43.5. The Labute approximate surface area is 175 Å². The second-order valence-electron chi connectivity index (χ2n) is 7.59. The number of aromatic nitrogens is 2. The first-order valence-corrected chi connectivity index (χ1v) is 10.0. The van der Waals surface area contributed by atoms with E-state index in [1.165, 1.54) is 0 Å². The summed E-state index contributed by atoms with van der Waals surface area (Å²) in [7, 11) is 0. The summed E-state index contributed by atoms with van der Waals surface area (Å²) in [5.74, 6) is 0.249. The highest BCUT2D eigenvalue weighted by Gasteiger charge is 2.15. The minimum Gasteiger partial charge on any atom is -0.461 e. The summed E-state index contributed by atoms with van der Waals surface area (Å²) in [5.41, 5.74) is 4.84. The molecule has 0 aliphatic rings. The highest BCUT2D eigenvalue weighted by molar-refractivity contribution is 5.97. The van der Waals surface area contributed by atoms with E-state index in [9.17, 15) is 14.4 Å². The number of Topliss-reactive ketones (excluding diaryl/α,β-unsaturated/α-hetero) is 1. The predicted molar refractivity (Wildman–Crippen MR) is 116 cm³/mol.